The number of carbonyl (C=O) groups is 2. The molecule has 4 heterocycles. The Balaban J connectivity index is 1.55. The summed E-state index contributed by atoms with van der Waals surface area (Å²) in [5, 5.41) is 13.0. The zero-order chi connectivity index (χ0) is 29.0. The Bertz CT molecular complexity index is 1670. The van der Waals surface area contributed by atoms with Crippen LogP contribution in [0, 0.1) is 0 Å². The van der Waals surface area contributed by atoms with Gasteiger partial charge in [-0.15, -0.1) is 13.9 Å². The van der Waals surface area contributed by atoms with Crippen molar-refractivity contribution < 1.29 is 41.0 Å². The zero-order valence-corrected chi connectivity index (χ0v) is 20.7. The van der Waals surface area contributed by atoms with Crippen molar-refractivity contribution in [2.45, 2.75) is 19.0 Å². The summed E-state index contributed by atoms with van der Waals surface area (Å²) in [7, 11) is 0. The van der Waals surface area contributed by atoms with Crippen LogP contribution in [0.4, 0.5) is 27.6 Å². The van der Waals surface area contributed by atoms with E-state index in [0.717, 1.165) is 16.8 Å². The molecule has 4 aromatic rings. The van der Waals surface area contributed by atoms with E-state index in [9.17, 15) is 31.5 Å². The van der Waals surface area contributed by atoms with Crippen LogP contribution in [0.1, 0.15) is 32.2 Å². The number of nitrogens with one attached hydrogen (secondary N) is 1. The normalized spacial score (nSPS) is 13.9. The Kier molecular flexibility index (Phi) is 6.49. The first-order chi connectivity index (χ1) is 18.7. The van der Waals surface area contributed by atoms with E-state index in [4.69, 9.17) is 28.9 Å². The highest BCUT2D eigenvalue weighted by Crippen LogP contribution is 2.48. The van der Waals surface area contributed by atoms with Crippen LogP contribution in [-0.4, -0.2) is 47.9 Å². The minimum Gasteiger partial charge on any atom is -0.395 e. The van der Waals surface area contributed by atoms with E-state index in [1.807, 2.05) is 0 Å². The molecule has 0 saturated carbocycles. The molecule has 0 saturated heterocycles. The van der Waals surface area contributed by atoms with E-state index < -0.39 is 64.3 Å². The lowest BCUT2D eigenvalue weighted by atomic mass is 10.1. The number of anilines is 1. The van der Waals surface area contributed by atoms with Gasteiger partial charge in [0.15, 0.2) is 23.0 Å². The maximum absolute atomic E-state index is 13.7. The molecule has 0 aliphatic carbocycles. The number of aromatic nitrogens is 6. The van der Waals surface area contributed by atoms with E-state index in [1.54, 1.807) is 0 Å². The molecule has 0 bridgehead atoms. The van der Waals surface area contributed by atoms with Gasteiger partial charge in [0.05, 0.1) is 27.6 Å². The number of benzene rings is 1. The molecule has 12 nitrogen and oxygen atoms in total. The monoisotopic (exact) mass is 604 g/mol. The number of primary amides is 1. The molecule has 1 aliphatic heterocycles. The number of rotatable bonds is 6. The average molecular weight is 605 g/mol. The van der Waals surface area contributed by atoms with Crippen LogP contribution in [0.5, 0.6) is 11.5 Å². The highest BCUT2D eigenvalue weighted by atomic mass is 35.5. The van der Waals surface area contributed by atoms with E-state index in [0.29, 0.717) is 11.0 Å². The lowest BCUT2D eigenvalue weighted by molar-refractivity contribution is -0.286. The number of amides is 2. The molecule has 1 aromatic carbocycles. The Hall–Kier alpha value is -4.51. The number of alkyl halides is 5. The summed E-state index contributed by atoms with van der Waals surface area (Å²) in [6.07, 6.45) is -7.03. The molecular formula is C21H11Cl2F5N8O4. The lowest BCUT2D eigenvalue weighted by Gasteiger charge is -2.14. The molecular weight excluding hydrogens is 594 g/mol. The predicted molar refractivity (Wildman–Crippen MR) is 125 cm³/mol. The number of fused-ring (bicyclic) bond motifs is 1. The van der Waals surface area contributed by atoms with Gasteiger partial charge in [-0.3, -0.25) is 9.59 Å². The van der Waals surface area contributed by atoms with Crippen LogP contribution in [0.3, 0.4) is 0 Å². The Morgan fingerprint density at radius 1 is 1.12 bits per heavy atom. The van der Waals surface area contributed by atoms with Crippen molar-refractivity contribution >= 4 is 40.7 Å². The van der Waals surface area contributed by atoms with Gasteiger partial charge >= 0.3 is 12.5 Å². The third-order valence-electron chi connectivity index (χ3n) is 5.19. The number of pyridine rings is 1. The molecule has 0 radical (unpaired) electrons. The van der Waals surface area contributed by atoms with Crippen LogP contribution in [0.2, 0.25) is 10.0 Å². The van der Waals surface area contributed by atoms with Crippen molar-refractivity contribution in [2.24, 2.45) is 5.73 Å². The van der Waals surface area contributed by atoms with Crippen molar-refractivity contribution in [1.29, 1.82) is 0 Å². The number of hydrogen-bond acceptors (Lipinski definition) is 8. The van der Waals surface area contributed by atoms with Crippen molar-refractivity contribution in [3.63, 3.8) is 0 Å². The molecule has 1 aliphatic rings. The largest absolute Gasteiger partial charge is 0.586 e. The van der Waals surface area contributed by atoms with Crippen LogP contribution in [-0.2, 0) is 12.7 Å². The second kappa shape index (κ2) is 9.60. The summed E-state index contributed by atoms with van der Waals surface area (Å²) in [5.74, 6) is -3.73. The maximum Gasteiger partial charge on any atom is 0.586 e. The van der Waals surface area contributed by atoms with Gasteiger partial charge in [-0.05, 0) is 18.2 Å². The molecule has 40 heavy (non-hydrogen) atoms. The number of nitrogens with two attached hydrogens (primary N) is 1. The van der Waals surface area contributed by atoms with Crippen molar-refractivity contribution in [3.8, 4) is 17.3 Å². The number of ether oxygens (including phenoxy) is 2. The molecule has 2 amide bonds. The highest BCUT2D eigenvalue weighted by molar-refractivity contribution is 6.35. The predicted octanol–water partition coefficient (Wildman–Crippen LogP) is 3.91. The first kappa shape index (κ1) is 27.1. The third kappa shape index (κ3) is 5.07. The average Bonchev–Trinajstić information content (AvgIpc) is 3.56. The maximum atomic E-state index is 13.7. The minimum absolute atomic E-state index is 0.0113. The number of hydrogen-bond donors (Lipinski definition) is 2. The quantitative estimate of drug-likeness (QED) is 0.314. The standard InChI is InChI=1S/C21H11Cl2F5N8O4/c22-9-2-1-3-30-18(9)36-11(4-8(33-36)7-35-31-6-13(34-35)20(24,25)26)19(38)32-15-10(23)5-12-16(14(15)17(29)37)40-21(27,28)39-12/h1-6H,7H2,(H2,29,37)(H,32,38). The second-order valence-electron chi connectivity index (χ2n) is 7.92. The molecule has 0 unspecified atom stereocenters. The summed E-state index contributed by atoms with van der Waals surface area (Å²) in [6.45, 7) is -0.416. The zero-order valence-electron chi connectivity index (χ0n) is 19.2. The number of nitrogens with zero attached hydrogens (tertiary/aromatic N) is 6. The summed E-state index contributed by atoms with van der Waals surface area (Å²) >= 11 is 12.4. The van der Waals surface area contributed by atoms with E-state index in [1.165, 1.54) is 18.3 Å². The highest BCUT2D eigenvalue weighted by Gasteiger charge is 2.46. The molecule has 0 atom stereocenters. The molecule has 19 heteroatoms. The van der Waals surface area contributed by atoms with E-state index >= 15 is 0 Å². The Labute approximate surface area is 228 Å². The van der Waals surface area contributed by atoms with Gasteiger partial charge in [-0.25, -0.2) is 9.67 Å². The SMILES string of the molecule is NC(=O)c1c(NC(=O)c2cc(Cn3ncc(C(F)(F)F)n3)nn2-c2ncccc2Cl)c(Cl)cc2c1OC(F)(F)O2. The fourth-order valence-corrected chi connectivity index (χ4v) is 4.04. The van der Waals surface area contributed by atoms with Crippen LogP contribution < -0.4 is 20.5 Å². The fourth-order valence-electron chi connectivity index (χ4n) is 3.60. The topological polar surface area (TPSA) is 152 Å². The lowest BCUT2D eigenvalue weighted by Crippen LogP contribution is -2.26. The van der Waals surface area contributed by atoms with Gasteiger partial charge < -0.3 is 20.5 Å². The molecule has 208 valence electrons. The van der Waals surface area contributed by atoms with Crippen LogP contribution >= 0.6 is 23.2 Å². The van der Waals surface area contributed by atoms with Gasteiger partial charge in [-0.1, -0.05) is 23.2 Å². The van der Waals surface area contributed by atoms with Crippen molar-refractivity contribution in [2.75, 3.05) is 5.32 Å². The minimum atomic E-state index is -4.74. The van der Waals surface area contributed by atoms with Gasteiger partial charge in [0.1, 0.15) is 17.8 Å². The Morgan fingerprint density at radius 2 is 1.88 bits per heavy atom. The third-order valence-corrected chi connectivity index (χ3v) is 5.79. The molecule has 3 N–H and O–H groups in total. The van der Waals surface area contributed by atoms with Gasteiger partial charge in [0.25, 0.3) is 11.8 Å². The molecule has 0 spiro atoms. The van der Waals surface area contributed by atoms with Crippen LogP contribution in [0.25, 0.3) is 5.82 Å². The molecule has 5 rings (SSSR count). The number of carbonyl (C=O) groups excluding carboxylic acids is 2. The summed E-state index contributed by atoms with van der Waals surface area (Å²) in [6, 6.07) is 4.94. The second-order valence-corrected chi connectivity index (χ2v) is 8.74. The Morgan fingerprint density at radius 3 is 2.52 bits per heavy atom. The van der Waals surface area contributed by atoms with Gasteiger partial charge in [0.2, 0.25) is 0 Å². The molecule has 3 aromatic heterocycles. The summed E-state index contributed by atoms with van der Waals surface area (Å²) in [5.41, 5.74) is 2.57. The summed E-state index contributed by atoms with van der Waals surface area (Å²) in [4.78, 5) is 30.3. The number of halogens is 7. The first-order valence-electron chi connectivity index (χ1n) is 10.6. The smallest absolute Gasteiger partial charge is 0.395 e. The van der Waals surface area contributed by atoms with E-state index in [2.05, 4.69) is 35.1 Å². The summed E-state index contributed by atoms with van der Waals surface area (Å²) < 4.78 is 75.7. The van der Waals surface area contributed by atoms with Gasteiger partial charge in [-0.2, -0.15) is 28.2 Å². The fraction of sp³-hybridized carbons (Fsp3) is 0.143. The van der Waals surface area contributed by atoms with Crippen LogP contribution in [0.15, 0.2) is 36.7 Å². The van der Waals surface area contributed by atoms with Crippen molar-refractivity contribution in [1.82, 2.24) is 29.8 Å². The van der Waals surface area contributed by atoms with Gasteiger partial charge in [0, 0.05) is 12.3 Å². The van der Waals surface area contributed by atoms with Crippen molar-refractivity contribution in [3.05, 3.63) is 69.3 Å². The van der Waals surface area contributed by atoms with E-state index in [-0.39, 0.29) is 22.2 Å². The first-order valence-corrected chi connectivity index (χ1v) is 11.4. The molecule has 0 fully saturated rings.